The van der Waals surface area contributed by atoms with Gasteiger partial charge in [0.1, 0.15) is 11.1 Å². The van der Waals surface area contributed by atoms with E-state index in [1.54, 1.807) is 11.3 Å². The molecule has 1 aromatic carbocycles. The highest BCUT2D eigenvalue weighted by Crippen LogP contribution is 2.37. The van der Waals surface area contributed by atoms with E-state index in [2.05, 4.69) is 16.4 Å². The van der Waals surface area contributed by atoms with Gasteiger partial charge < -0.3 is 9.88 Å². The van der Waals surface area contributed by atoms with Crippen LogP contribution < -0.4 is 5.32 Å². The molecule has 0 spiro atoms. The lowest BCUT2D eigenvalue weighted by Gasteiger charge is -2.04. The first kappa shape index (κ1) is 18.1. The van der Waals surface area contributed by atoms with Gasteiger partial charge in [0.05, 0.1) is 22.3 Å². The molecule has 0 radical (unpaired) electrons. The Labute approximate surface area is 166 Å². The number of nitriles is 1. The molecule has 0 fully saturated rings. The zero-order valence-corrected chi connectivity index (χ0v) is 16.8. The molecular weight excluding hydrogens is 376 g/mol. The fourth-order valence-corrected chi connectivity index (χ4v) is 5.54. The molecule has 5 nitrogen and oxygen atoms in total. The third kappa shape index (κ3) is 3.60. The summed E-state index contributed by atoms with van der Waals surface area (Å²) < 4.78 is 2.00. The molecule has 3 aromatic rings. The number of fused-ring (bicyclic) bond motifs is 2. The minimum Gasteiger partial charge on any atom is -0.322 e. The van der Waals surface area contributed by atoms with Gasteiger partial charge in [-0.3, -0.25) is 4.79 Å². The predicted molar refractivity (Wildman–Crippen MR) is 110 cm³/mol. The number of imidazole rings is 1. The van der Waals surface area contributed by atoms with Crippen molar-refractivity contribution in [1.29, 1.82) is 5.26 Å². The molecule has 7 heteroatoms. The fourth-order valence-electron chi connectivity index (χ4n) is 3.49. The Morgan fingerprint density at radius 3 is 2.96 bits per heavy atom. The van der Waals surface area contributed by atoms with E-state index >= 15 is 0 Å². The third-order valence-electron chi connectivity index (χ3n) is 4.86. The van der Waals surface area contributed by atoms with Gasteiger partial charge in [-0.2, -0.15) is 5.26 Å². The normalized spacial score (nSPS) is 13.8. The van der Waals surface area contributed by atoms with Gasteiger partial charge in [0.15, 0.2) is 5.16 Å². The smallest absolute Gasteiger partial charge is 0.235 e. The van der Waals surface area contributed by atoms with Crippen molar-refractivity contribution in [2.45, 2.75) is 37.3 Å². The average Bonchev–Trinajstić information content (AvgIpc) is 3.07. The zero-order chi connectivity index (χ0) is 18.8. The van der Waals surface area contributed by atoms with Crippen molar-refractivity contribution in [2.24, 2.45) is 7.05 Å². The number of hydrogen-bond donors (Lipinski definition) is 1. The molecule has 1 N–H and O–H groups in total. The second kappa shape index (κ2) is 7.75. The van der Waals surface area contributed by atoms with Crippen LogP contribution in [0.2, 0.25) is 0 Å². The first-order valence-electron chi connectivity index (χ1n) is 9.06. The maximum Gasteiger partial charge on any atom is 0.235 e. The molecule has 0 unspecified atom stereocenters. The molecule has 1 aliphatic carbocycles. The minimum atomic E-state index is -0.0973. The quantitative estimate of drug-likeness (QED) is 0.520. The van der Waals surface area contributed by atoms with Crippen LogP contribution in [0.5, 0.6) is 0 Å². The first-order valence-corrected chi connectivity index (χ1v) is 10.9. The van der Waals surface area contributed by atoms with Gasteiger partial charge in [-0.05, 0) is 43.4 Å². The fraction of sp³-hybridized carbons (Fsp3) is 0.350. The van der Waals surface area contributed by atoms with Gasteiger partial charge in [-0.15, -0.1) is 11.3 Å². The molecule has 0 saturated heterocycles. The molecule has 0 atom stereocenters. The topological polar surface area (TPSA) is 70.7 Å². The number of para-hydroxylation sites is 2. The Morgan fingerprint density at radius 1 is 1.33 bits per heavy atom. The highest BCUT2D eigenvalue weighted by Gasteiger charge is 2.21. The molecular formula is C20H20N4OS2. The number of aromatic nitrogens is 2. The van der Waals surface area contributed by atoms with E-state index in [0.29, 0.717) is 10.6 Å². The number of thioether (sulfide) groups is 1. The lowest BCUT2D eigenvalue weighted by molar-refractivity contribution is -0.113. The molecule has 138 valence electrons. The van der Waals surface area contributed by atoms with Crippen LogP contribution in [-0.4, -0.2) is 21.2 Å². The summed E-state index contributed by atoms with van der Waals surface area (Å²) in [7, 11) is 1.96. The van der Waals surface area contributed by atoms with Gasteiger partial charge in [-0.25, -0.2) is 4.98 Å². The van der Waals surface area contributed by atoms with Gasteiger partial charge in [0.25, 0.3) is 0 Å². The van der Waals surface area contributed by atoms with Crippen molar-refractivity contribution in [3.63, 3.8) is 0 Å². The first-order chi connectivity index (χ1) is 13.2. The van der Waals surface area contributed by atoms with Crippen LogP contribution in [0.4, 0.5) is 5.00 Å². The zero-order valence-electron chi connectivity index (χ0n) is 15.1. The largest absolute Gasteiger partial charge is 0.322 e. The maximum absolute atomic E-state index is 12.5. The number of carbonyl (C=O) groups is 1. The number of thiophene rings is 1. The highest BCUT2D eigenvalue weighted by atomic mass is 32.2. The SMILES string of the molecule is Cn1c(SCC(=O)Nc2sc3c(c2C#N)CCCCC3)nc2ccccc21. The number of nitrogens with zero attached hydrogens (tertiary/aromatic N) is 3. The van der Waals surface area contributed by atoms with Crippen LogP contribution in [0, 0.1) is 11.3 Å². The Kier molecular flexibility index (Phi) is 5.19. The lowest BCUT2D eigenvalue weighted by atomic mass is 10.1. The number of hydrogen-bond acceptors (Lipinski definition) is 5. The molecule has 1 amide bonds. The van der Waals surface area contributed by atoms with E-state index in [9.17, 15) is 10.1 Å². The molecule has 2 aromatic heterocycles. The molecule has 2 heterocycles. The van der Waals surface area contributed by atoms with Crippen molar-refractivity contribution in [3.05, 3.63) is 40.3 Å². The Balaban J connectivity index is 1.47. The Bertz CT molecular complexity index is 1040. The van der Waals surface area contributed by atoms with E-state index in [1.807, 2.05) is 35.9 Å². The maximum atomic E-state index is 12.5. The average molecular weight is 397 g/mol. The second-order valence-corrected chi connectivity index (χ2v) is 8.71. The van der Waals surface area contributed by atoms with Crippen molar-refractivity contribution in [2.75, 3.05) is 11.1 Å². The van der Waals surface area contributed by atoms with Crippen LogP contribution >= 0.6 is 23.1 Å². The second-order valence-electron chi connectivity index (χ2n) is 6.66. The monoisotopic (exact) mass is 396 g/mol. The number of carbonyl (C=O) groups excluding carboxylic acids is 1. The van der Waals surface area contributed by atoms with E-state index in [0.717, 1.165) is 47.4 Å². The van der Waals surface area contributed by atoms with Crippen LogP contribution in [0.3, 0.4) is 0 Å². The Morgan fingerprint density at radius 2 is 2.15 bits per heavy atom. The summed E-state index contributed by atoms with van der Waals surface area (Å²) in [6.45, 7) is 0. The number of nitrogens with one attached hydrogen (secondary N) is 1. The Hall–Kier alpha value is -2.30. The molecule has 4 rings (SSSR count). The van der Waals surface area contributed by atoms with Gasteiger partial charge in [-0.1, -0.05) is 30.3 Å². The number of amides is 1. The van der Waals surface area contributed by atoms with E-state index in [4.69, 9.17) is 0 Å². The van der Waals surface area contributed by atoms with Crippen LogP contribution in [0.25, 0.3) is 11.0 Å². The number of anilines is 1. The van der Waals surface area contributed by atoms with E-state index in [1.165, 1.54) is 23.1 Å². The number of benzene rings is 1. The predicted octanol–water partition coefficient (Wildman–Crippen LogP) is 4.51. The molecule has 0 aliphatic heterocycles. The number of rotatable bonds is 4. The molecule has 27 heavy (non-hydrogen) atoms. The van der Waals surface area contributed by atoms with Crippen LogP contribution in [-0.2, 0) is 24.7 Å². The molecule has 0 bridgehead atoms. The summed E-state index contributed by atoms with van der Waals surface area (Å²) in [5, 5.41) is 14.1. The summed E-state index contributed by atoms with van der Waals surface area (Å²) >= 11 is 2.99. The summed E-state index contributed by atoms with van der Waals surface area (Å²) in [4.78, 5) is 18.3. The van der Waals surface area contributed by atoms with Crippen molar-refractivity contribution < 1.29 is 4.79 Å². The van der Waals surface area contributed by atoms with Gasteiger partial charge in [0.2, 0.25) is 5.91 Å². The molecule has 1 aliphatic rings. The minimum absolute atomic E-state index is 0.0973. The summed E-state index contributed by atoms with van der Waals surface area (Å²) in [6.07, 6.45) is 5.45. The van der Waals surface area contributed by atoms with Crippen molar-refractivity contribution >= 4 is 45.0 Å². The number of aryl methyl sites for hydroxylation is 2. The van der Waals surface area contributed by atoms with Crippen LogP contribution in [0.1, 0.15) is 35.3 Å². The summed E-state index contributed by atoms with van der Waals surface area (Å²) in [5.41, 5.74) is 3.79. The summed E-state index contributed by atoms with van der Waals surface area (Å²) in [5.74, 6) is 0.171. The summed E-state index contributed by atoms with van der Waals surface area (Å²) in [6, 6.07) is 10.2. The van der Waals surface area contributed by atoms with Crippen molar-refractivity contribution in [3.8, 4) is 6.07 Å². The van der Waals surface area contributed by atoms with Gasteiger partial charge >= 0.3 is 0 Å². The molecule has 0 saturated carbocycles. The van der Waals surface area contributed by atoms with E-state index in [-0.39, 0.29) is 11.7 Å². The standard InChI is InChI=1S/C20H20N4OS2/c1-24-16-9-6-5-8-15(16)22-20(24)26-12-18(25)23-19-14(11-21)13-7-3-2-4-10-17(13)27-19/h5-6,8-9H,2-4,7,10,12H2,1H3,(H,23,25). The van der Waals surface area contributed by atoms with Crippen LogP contribution in [0.15, 0.2) is 29.4 Å². The van der Waals surface area contributed by atoms with Crippen molar-refractivity contribution in [1.82, 2.24) is 9.55 Å². The van der Waals surface area contributed by atoms with Gasteiger partial charge in [0, 0.05) is 11.9 Å². The highest BCUT2D eigenvalue weighted by molar-refractivity contribution is 7.99. The lowest BCUT2D eigenvalue weighted by Crippen LogP contribution is -2.14. The third-order valence-corrected chi connectivity index (χ3v) is 7.10. The van der Waals surface area contributed by atoms with E-state index < -0.39 is 0 Å².